The van der Waals surface area contributed by atoms with Crippen LogP contribution in [-0.2, 0) is 12.4 Å². The third-order valence-electron chi connectivity index (χ3n) is 6.80. The molecular weight excluding hydrogens is 664 g/mol. The molecule has 2 aromatic heterocycles. The molecule has 0 aliphatic heterocycles. The van der Waals surface area contributed by atoms with Crippen molar-refractivity contribution in [3.05, 3.63) is 81.7 Å². The highest BCUT2D eigenvalue weighted by atomic mass is 19.4. The number of aliphatic hydroxyl groups is 2. The summed E-state index contributed by atoms with van der Waals surface area (Å²) in [5, 5.41) is 29.8. The summed E-state index contributed by atoms with van der Waals surface area (Å²) in [6.07, 6.45) is -9.10. The number of nitrogens with one attached hydrogen (secondary N) is 2. The minimum Gasteiger partial charge on any atom is -0.395 e. The van der Waals surface area contributed by atoms with E-state index in [9.17, 15) is 44.7 Å². The van der Waals surface area contributed by atoms with E-state index in [1.807, 2.05) is 0 Å². The Morgan fingerprint density at radius 2 is 1.23 bits per heavy atom. The zero-order valence-electron chi connectivity index (χ0n) is 25.3. The molecule has 0 bridgehead atoms. The van der Waals surface area contributed by atoms with Crippen molar-refractivity contribution in [3.8, 4) is 22.6 Å². The molecule has 0 fully saturated rings. The van der Waals surface area contributed by atoms with Gasteiger partial charge >= 0.3 is 12.4 Å². The smallest absolute Gasteiger partial charge is 0.395 e. The molecule has 0 spiro atoms. The second kappa shape index (κ2) is 15.4. The minimum atomic E-state index is -4.80. The van der Waals surface area contributed by atoms with E-state index < -0.39 is 53.0 Å². The van der Waals surface area contributed by atoms with Crippen molar-refractivity contribution in [3.63, 3.8) is 0 Å². The van der Waals surface area contributed by atoms with E-state index in [2.05, 4.69) is 20.9 Å². The van der Waals surface area contributed by atoms with Crippen LogP contribution in [0.15, 0.2) is 45.4 Å². The Morgan fingerprint density at radius 1 is 0.792 bits per heavy atom. The van der Waals surface area contributed by atoms with Crippen molar-refractivity contribution in [2.24, 2.45) is 0 Å². The average molecular weight is 693 g/mol. The maximum Gasteiger partial charge on any atom is 0.419 e. The predicted octanol–water partition coefficient (Wildman–Crippen LogP) is 5.84. The topological polar surface area (TPSA) is 151 Å². The number of hydrogen-bond donors (Lipinski definition) is 4. The van der Waals surface area contributed by atoms with Crippen molar-refractivity contribution in [1.82, 2.24) is 20.9 Å². The van der Waals surface area contributed by atoms with Crippen molar-refractivity contribution in [2.45, 2.75) is 45.6 Å². The van der Waals surface area contributed by atoms with Crippen molar-refractivity contribution in [2.75, 3.05) is 19.8 Å². The number of aromatic nitrogens is 2. The molecule has 2 heterocycles. The van der Waals surface area contributed by atoms with Crippen molar-refractivity contribution >= 4 is 11.8 Å². The first-order valence-corrected chi connectivity index (χ1v) is 13.9. The van der Waals surface area contributed by atoms with E-state index >= 15 is 0 Å². The van der Waals surface area contributed by atoms with Crippen LogP contribution in [0.1, 0.15) is 56.6 Å². The highest BCUT2D eigenvalue weighted by Gasteiger charge is 2.35. The van der Waals surface area contributed by atoms with Crippen molar-refractivity contribution < 1.29 is 64.0 Å². The summed E-state index contributed by atoms with van der Waals surface area (Å²) in [5.41, 5.74) is -2.38. The Balaban J connectivity index is 0.000000261. The van der Waals surface area contributed by atoms with Crippen LogP contribution >= 0.6 is 0 Å². The van der Waals surface area contributed by atoms with Gasteiger partial charge < -0.3 is 29.9 Å². The number of hydrogen-bond acceptors (Lipinski definition) is 8. The van der Waals surface area contributed by atoms with Gasteiger partial charge in [0.1, 0.15) is 11.6 Å². The van der Waals surface area contributed by atoms with E-state index in [1.54, 1.807) is 6.92 Å². The first-order chi connectivity index (χ1) is 22.4. The van der Waals surface area contributed by atoms with Gasteiger partial charge in [-0.05, 0) is 44.5 Å². The lowest BCUT2D eigenvalue weighted by atomic mass is 10.0. The summed E-state index contributed by atoms with van der Waals surface area (Å²) in [6, 6.07) is 4.17. The summed E-state index contributed by atoms with van der Waals surface area (Å²) < 4.78 is 113. The van der Waals surface area contributed by atoms with E-state index in [0.717, 1.165) is 12.1 Å². The number of carbonyl (C=O) groups excluding carboxylic acids is 2. The number of carbonyl (C=O) groups is 2. The van der Waals surface area contributed by atoms with Gasteiger partial charge in [-0.15, -0.1) is 0 Å². The fraction of sp³-hybridized carbons (Fsp3) is 0.333. The summed E-state index contributed by atoms with van der Waals surface area (Å²) in [5.74, 6) is -4.11. The van der Waals surface area contributed by atoms with Crippen LogP contribution in [-0.4, -0.2) is 58.1 Å². The second-order valence-electron chi connectivity index (χ2n) is 10.1. The van der Waals surface area contributed by atoms with Crippen LogP contribution in [0.2, 0.25) is 0 Å². The lowest BCUT2D eigenvalue weighted by Gasteiger charge is -2.12. The molecule has 1 atom stereocenters. The largest absolute Gasteiger partial charge is 0.419 e. The third kappa shape index (κ3) is 8.74. The molecule has 0 saturated carbocycles. The van der Waals surface area contributed by atoms with Gasteiger partial charge in [0.2, 0.25) is 0 Å². The maximum absolute atomic E-state index is 13.7. The quantitative estimate of drug-likeness (QED) is 0.160. The highest BCUT2D eigenvalue weighted by Crippen LogP contribution is 2.36. The van der Waals surface area contributed by atoms with Gasteiger partial charge in [-0.25, -0.2) is 8.78 Å². The number of amides is 2. The van der Waals surface area contributed by atoms with E-state index in [1.165, 1.54) is 13.8 Å². The standard InChI is InChI=1S/C16H16F4N2O3.C14H12F4N2O3/c1-3-10(7-23)21-15(24)13-8(2)14(25-22-13)9-4-5-11(12(17)6-9)16(18,19)20;1-7-11(13(22)19-4-5-21)20-23-12(7)8-2-3-9(10(15)6-8)14(16,17)18/h4-6,10,23H,3,7H2,1-2H3,(H,21,24);2-3,6,21H,4-5H2,1H3,(H,19,22)/t10-;/m1./s1. The van der Waals surface area contributed by atoms with Gasteiger partial charge in [0.15, 0.2) is 22.9 Å². The summed E-state index contributed by atoms with van der Waals surface area (Å²) in [4.78, 5) is 23.9. The Hall–Kier alpha value is -4.84. The molecule has 2 amide bonds. The zero-order chi connectivity index (χ0) is 36.0. The molecule has 260 valence electrons. The summed E-state index contributed by atoms with van der Waals surface area (Å²) in [7, 11) is 0. The first kappa shape index (κ1) is 37.6. The average Bonchev–Trinajstić information content (AvgIpc) is 3.59. The molecule has 4 aromatic rings. The molecule has 0 unspecified atom stereocenters. The van der Waals surface area contributed by atoms with Gasteiger partial charge in [-0.2, -0.15) is 26.3 Å². The molecule has 10 nitrogen and oxygen atoms in total. The Labute approximate surface area is 266 Å². The molecule has 18 heteroatoms. The molecule has 0 saturated heterocycles. The number of aliphatic hydroxyl groups excluding tert-OH is 2. The maximum atomic E-state index is 13.7. The van der Waals surface area contributed by atoms with E-state index in [4.69, 9.17) is 19.3 Å². The molecule has 4 N–H and O–H groups in total. The van der Waals surface area contributed by atoms with Gasteiger partial charge in [0, 0.05) is 28.8 Å². The fourth-order valence-corrected chi connectivity index (χ4v) is 4.19. The number of nitrogens with zero attached hydrogens (tertiary/aromatic N) is 2. The monoisotopic (exact) mass is 692 g/mol. The van der Waals surface area contributed by atoms with E-state index in [0.29, 0.717) is 30.7 Å². The third-order valence-corrected chi connectivity index (χ3v) is 6.80. The van der Waals surface area contributed by atoms with Crippen LogP contribution in [0.3, 0.4) is 0 Å². The van der Waals surface area contributed by atoms with Crippen LogP contribution in [0, 0.1) is 25.5 Å². The molecule has 0 aliphatic carbocycles. The SMILES string of the molecule is CC[C@H](CO)NC(=O)c1noc(-c2ccc(C(F)(F)F)c(F)c2)c1C.Cc1c(C(=O)NCCO)noc1-c1ccc(C(F)(F)F)c(F)c1. The molecule has 48 heavy (non-hydrogen) atoms. The minimum absolute atomic E-state index is 0.00479. The van der Waals surface area contributed by atoms with Gasteiger partial charge in [-0.3, -0.25) is 9.59 Å². The van der Waals surface area contributed by atoms with Gasteiger partial charge in [-0.1, -0.05) is 29.4 Å². The van der Waals surface area contributed by atoms with Crippen LogP contribution in [0.25, 0.3) is 22.6 Å². The van der Waals surface area contributed by atoms with Crippen LogP contribution in [0.5, 0.6) is 0 Å². The molecule has 2 aromatic carbocycles. The predicted molar refractivity (Wildman–Crippen MR) is 151 cm³/mol. The number of benzene rings is 2. The lowest BCUT2D eigenvalue weighted by molar-refractivity contribution is -0.140. The highest BCUT2D eigenvalue weighted by molar-refractivity contribution is 5.95. The molecule has 4 rings (SSSR count). The zero-order valence-corrected chi connectivity index (χ0v) is 25.3. The van der Waals surface area contributed by atoms with Gasteiger partial charge in [0.25, 0.3) is 11.8 Å². The molecular formula is C30H28F8N4O6. The van der Waals surface area contributed by atoms with Gasteiger partial charge in [0.05, 0.1) is 30.4 Å². The lowest BCUT2D eigenvalue weighted by Crippen LogP contribution is -2.37. The second-order valence-corrected chi connectivity index (χ2v) is 10.1. The fourth-order valence-electron chi connectivity index (χ4n) is 4.19. The summed E-state index contributed by atoms with van der Waals surface area (Å²) >= 11 is 0. The molecule has 0 radical (unpaired) electrons. The van der Waals surface area contributed by atoms with Crippen LogP contribution in [0.4, 0.5) is 35.1 Å². The Morgan fingerprint density at radius 3 is 1.58 bits per heavy atom. The number of halogens is 8. The number of alkyl halides is 6. The van der Waals surface area contributed by atoms with E-state index in [-0.39, 0.29) is 64.9 Å². The molecule has 0 aliphatic rings. The Bertz CT molecular complexity index is 1750. The summed E-state index contributed by atoms with van der Waals surface area (Å²) in [6.45, 7) is 4.21. The number of rotatable bonds is 9. The normalized spacial score (nSPS) is 12.3. The Kier molecular flexibility index (Phi) is 12.0. The van der Waals surface area contributed by atoms with Crippen LogP contribution < -0.4 is 10.6 Å². The van der Waals surface area contributed by atoms with Crippen molar-refractivity contribution in [1.29, 1.82) is 0 Å². The first-order valence-electron chi connectivity index (χ1n) is 13.9.